The molecule has 12 heteroatoms. The van der Waals surface area contributed by atoms with Crippen molar-refractivity contribution >= 4 is 35.7 Å². The molecule has 320 valence electrons. The average molecular weight is 809 g/mol. The lowest BCUT2D eigenvalue weighted by atomic mass is 9.90. The molecular weight excluding hydrogens is 743 g/mol. The molecule has 0 aliphatic carbocycles. The molecule has 0 radical (unpaired) electrons. The molecule has 3 unspecified atom stereocenters. The zero-order valence-electron chi connectivity index (χ0n) is 35.7. The molecule has 2 aliphatic heterocycles. The molecule has 0 saturated carbocycles. The third-order valence-corrected chi connectivity index (χ3v) is 10.4. The number of H-pyrrole nitrogens is 2. The lowest BCUT2D eigenvalue weighted by Crippen LogP contribution is -2.68. The van der Waals surface area contributed by atoms with Gasteiger partial charge >= 0.3 is 0 Å². The van der Waals surface area contributed by atoms with Crippen LogP contribution in [0, 0.1) is 11.8 Å². The van der Waals surface area contributed by atoms with Gasteiger partial charge in [0, 0.05) is 18.9 Å². The van der Waals surface area contributed by atoms with Gasteiger partial charge in [-0.2, -0.15) is 0 Å². The van der Waals surface area contributed by atoms with Gasteiger partial charge < -0.3 is 34.2 Å². The number of alkyl halides is 2. The van der Waals surface area contributed by atoms with Crippen LogP contribution in [0.3, 0.4) is 0 Å². The first-order valence-corrected chi connectivity index (χ1v) is 20.4. The fourth-order valence-corrected chi connectivity index (χ4v) is 6.07. The molecule has 3 aromatic rings. The van der Waals surface area contributed by atoms with Crippen LogP contribution in [0.4, 0.5) is 14.5 Å². The van der Waals surface area contributed by atoms with Crippen molar-refractivity contribution in [3.63, 3.8) is 0 Å². The second-order valence-electron chi connectivity index (χ2n) is 14.5. The van der Waals surface area contributed by atoms with E-state index in [1.54, 1.807) is 26.4 Å². The smallest absolute Gasteiger partial charge is 0.290 e. The molecule has 2 fully saturated rings. The van der Waals surface area contributed by atoms with Gasteiger partial charge in [0.25, 0.3) is 18.5 Å². The van der Waals surface area contributed by atoms with E-state index in [0.717, 1.165) is 34.6 Å². The van der Waals surface area contributed by atoms with E-state index in [2.05, 4.69) is 61.1 Å². The van der Waals surface area contributed by atoms with Crippen LogP contribution in [-0.2, 0) is 14.3 Å². The number of pyridine rings is 1. The molecule has 1 spiro atoms. The Morgan fingerprint density at radius 1 is 1.03 bits per heavy atom. The predicted octanol–water partition coefficient (Wildman–Crippen LogP) is 10.5. The summed E-state index contributed by atoms with van der Waals surface area (Å²) in [7, 11) is 1.65. The van der Waals surface area contributed by atoms with E-state index < -0.39 is 6.43 Å². The van der Waals surface area contributed by atoms with Crippen molar-refractivity contribution in [1.29, 1.82) is 0 Å². The van der Waals surface area contributed by atoms with Crippen LogP contribution in [-0.4, -0.2) is 78.8 Å². The first-order chi connectivity index (χ1) is 27.8. The first-order valence-electron chi connectivity index (χ1n) is 20.4. The molecule has 58 heavy (non-hydrogen) atoms. The number of nitrogens with zero attached hydrogens (tertiary/aromatic N) is 2. The van der Waals surface area contributed by atoms with Crippen LogP contribution < -0.4 is 15.2 Å². The summed E-state index contributed by atoms with van der Waals surface area (Å²) in [5.74, 6) is 0.864. The van der Waals surface area contributed by atoms with Crippen molar-refractivity contribution in [3.05, 3.63) is 100 Å². The molecule has 3 N–H and O–H groups in total. The molecule has 1 aromatic carbocycles. The van der Waals surface area contributed by atoms with Crippen LogP contribution in [0.2, 0.25) is 0 Å². The fraction of sp³-hybridized carbons (Fsp3) is 0.500. The highest BCUT2D eigenvalue weighted by Gasteiger charge is 2.50. The van der Waals surface area contributed by atoms with Gasteiger partial charge in [-0.25, -0.2) is 13.8 Å². The summed E-state index contributed by atoms with van der Waals surface area (Å²) in [6.07, 6.45) is 13.9. The number of hydrogen-bond acceptors (Lipinski definition) is 7. The number of methoxy groups -OCH3 is 1. The van der Waals surface area contributed by atoms with E-state index >= 15 is 0 Å². The Morgan fingerprint density at radius 2 is 1.66 bits per heavy atom. The number of morpholine rings is 1. The van der Waals surface area contributed by atoms with E-state index in [1.807, 2.05) is 67.6 Å². The van der Waals surface area contributed by atoms with Crippen molar-refractivity contribution in [2.24, 2.45) is 16.8 Å². The van der Waals surface area contributed by atoms with E-state index in [-0.39, 0.29) is 35.3 Å². The van der Waals surface area contributed by atoms with E-state index in [9.17, 15) is 13.6 Å². The van der Waals surface area contributed by atoms with Crippen LogP contribution in [0.15, 0.2) is 82.9 Å². The maximum atomic E-state index is 13.3. The average Bonchev–Trinajstić information content (AvgIpc) is 3.76. The number of rotatable bonds is 15. The number of hydrogen-bond donors (Lipinski definition) is 3. The first kappa shape index (κ1) is 49.3. The molecule has 2 aliphatic rings. The number of benzene rings is 1. The molecule has 0 amide bonds. The minimum absolute atomic E-state index is 0.0692. The topological polar surface area (TPSA) is 129 Å². The number of anilines is 1. The minimum Gasteiger partial charge on any atom is -0.497 e. The van der Waals surface area contributed by atoms with Gasteiger partial charge in [-0.15, -0.1) is 0 Å². The van der Waals surface area contributed by atoms with Crippen molar-refractivity contribution < 1.29 is 32.9 Å². The molecule has 5 rings (SSSR count). The number of halogens is 2. The highest BCUT2D eigenvalue weighted by molar-refractivity contribution is 5.93. The minimum atomic E-state index is -2.55. The Labute approximate surface area is 344 Å². The maximum Gasteiger partial charge on any atom is 0.290 e. The summed E-state index contributed by atoms with van der Waals surface area (Å²) in [5, 5.41) is 6.89. The molecule has 2 saturated heterocycles. The van der Waals surface area contributed by atoms with Crippen LogP contribution in [0.1, 0.15) is 104 Å². The SMILES string of the molecule is C=C(/C=C(\N=C(C(F)F)C(C)CC)c1ccc[nH]1)C(C)CC.CCCCCC.COc1ccc(/C=C/c2c[nH]c(=O)c(N3CCOC4(COC4)C3C)c2)cc1.O=CO. The monoisotopic (exact) mass is 808 g/mol. The number of carbonyl (C=O) groups is 1. The van der Waals surface area contributed by atoms with Crippen molar-refractivity contribution in [2.75, 3.05) is 38.4 Å². The number of allylic oxidation sites excluding steroid dienone is 2. The standard InChI is InChI=1S/C21H24N2O4.C18H26F2N2.C6H14.CH2O2/c1-15-21(13-26-14-21)27-10-9-23(15)19-11-17(12-22-20(19)24)4-3-16-5-7-18(25-2)8-6-16;1-6-12(3)14(5)11-16(15-9-8-10-21-15)22-17(18(19)20)13(4)7-2;1-3-5-6-4-2;2-1-3/h3-8,11-12,15H,9-10,13-14H2,1-2H3,(H,22,24);8-13,18,21H,5-7H2,1-4H3;3-6H2,1-2H3;1H,(H,2,3)/b4-3+;16-11-,22-17?;;. The normalized spacial score (nSPS) is 17.2. The van der Waals surface area contributed by atoms with E-state index in [0.29, 0.717) is 50.1 Å². The van der Waals surface area contributed by atoms with Crippen LogP contribution in [0.25, 0.3) is 17.8 Å². The molecule has 3 atom stereocenters. The highest BCUT2D eigenvalue weighted by atomic mass is 19.3. The highest BCUT2D eigenvalue weighted by Crippen LogP contribution is 2.34. The van der Waals surface area contributed by atoms with Gasteiger partial charge in [-0.05, 0) is 79.1 Å². The van der Waals surface area contributed by atoms with Gasteiger partial charge in [0.2, 0.25) is 0 Å². The van der Waals surface area contributed by atoms with E-state index in [1.165, 1.54) is 25.7 Å². The molecule has 10 nitrogen and oxygen atoms in total. The Morgan fingerprint density at radius 3 is 2.16 bits per heavy atom. The van der Waals surface area contributed by atoms with Crippen LogP contribution >= 0.6 is 0 Å². The third kappa shape index (κ3) is 15.2. The number of nitrogens with one attached hydrogen (secondary N) is 2. The summed E-state index contributed by atoms with van der Waals surface area (Å²) in [6, 6.07) is 13.5. The van der Waals surface area contributed by atoms with Crippen molar-refractivity contribution in [2.45, 2.75) is 105 Å². The van der Waals surface area contributed by atoms with Gasteiger partial charge in [0.1, 0.15) is 17.0 Å². The molecule has 4 heterocycles. The number of aromatic nitrogens is 2. The lowest BCUT2D eigenvalue weighted by molar-refractivity contribution is -0.228. The molecule has 2 aromatic heterocycles. The molecular formula is C46H66F2N4O6. The number of aromatic amines is 2. The Balaban J connectivity index is 0.000000337. The second kappa shape index (κ2) is 26.2. The van der Waals surface area contributed by atoms with Crippen LogP contribution in [0.5, 0.6) is 5.75 Å². The Kier molecular flexibility index (Phi) is 22.3. The zero-order chi connectivity index (χ0) is 43.1. The Bertz CT molecular complexity index is 1780. The summed E-state index contributed by atoms with van der Waals surface area (Å²) in [5.41, 5.74) is 4.38. The zero-order valence-corrected chi connectivity index (χ0v) is 35.7. The number of carboxylic acid groups (broad SMARTS) is 1. The summed E-state index contributed by atoms with van der Waals surface area (Å²) in [6.45, 7) is 20.6. The Hall–Kier alpha value is -4.81. The largest absolute Gasteiger partial charge is 0.497 e. The number of ether oxygens (including phenoxy) is 3. The summed E-state index contributed by atoms with van der Waals surface area (Å²) in [4.78, 5) is 33.2. The summed E-state index contributed by atoms with van der Waals surface area (Å²) < 4.78 is 43.1. The van der Waals surface area contributed by atoms with Gasteiger partial charge in [0.15, 0.2) is 0 Å². The number of unbranched alkanes of at least 4 members (excludes halogenated alkanes) is 3. The van der Waals surface area contributed by atoms with Crippen molar-refractivity contribution in [3.8, 4) is 5.75 Å². The van der Waals surface area contributed by atoms with Gasteiger partial charge in [-0.3, -0.25) is 9.59 Å². The van der Waals surface area contributed by atoms with E-state index in [4.69, 9.17) is 24.1 Å². The quantitative estimate of drug-likeness (QED) is 0.0603. The maximum absolute atomic E-state index is 13.3. The molecule has 0 bridgehead atoms. The predicted molar refractivity (Wildman–Crippen MR) is 234 cm³/mol. The summed E-state index contributed by atoms with van der Waals surface area (Å²) >= 11 is 0. The second-order valence-corrected chi connectivity index (χ2v) is 14.5. The van der Waals surface area contributed by atoms with Gasteiger partial charge in [-0.1, -0.05) is 104 Å². The van der Waals surface area contributed by atoms with Crippen molar-refractivity contribution in [1.82, 2.24) is 9.97 Å². The number of aliphatic imine (C=N–C) groups is 1. The van der Waals surface area contributed by atoms with Gasteiger partial charge in [0.05, 0.1) is 50.1 Å². The fourth-order valence-electron chi connectivity index (χ4n) is 6.07. The third-order valence-electron chi connectivity index (χ3n) is 10.4. The lowest BCUT2D eigenvalue weighted by Gasteiger charge is -2.53.